The maximum atomic E-state index is 13.3. The van der Waals surface area contributed by atoms with E-state index in [9.17, 15) is 9.18 Å². The van der Waals surface area contributed by atoms with Crippen molar-refractivity contribution >= 4 is 23.3 Å². The number of aromatic nitrogens is 2. The van der Waals surface area contributed by atoms with Gasteiger partial charge in [0.15, 0.2) is 0 Å². The zero-order valence-electron chi connectivity index (χ0n) is 14.9. The third-order valence-corrected chi connectivity index (χ3v) is 4.98. The van der Waals surface area contributed by atoms with E-state index in [4.69, 9.17) is 16.1 Å². The van der Waals surface area contributed by atoms with E-state index >= 15 is 0 Å². The molecule has 0 radical (unpaired) electrons. The SMILES string of the molecule is O=C(Nc1ccc(F)c(Cl)c1)N1CCCCC1c1nc(-c2ccccc2)no1. The van der Waals surface area contributed by atoms with Gasteiger partial charge in [-0.2, -0.15) is 4.98 Å². The Balaban J connectivity index is 1.53. The number of carbonyl (C=O) groups is 1. The van der Waals surface area contributed by atoms with Crippen molar-refractivity contribution in [2.75, 3.05) is 11.9 Å². The van der Waals surface area contributed by atoms with Gasteiger partial charge in [-0.3, -0.25) is 0 Å². The zero-order valence-corrected chi connectivity index (χ0v) is 15.7. The van der Waals surface area contributed by atoms with Crippen molar-refractivity contribution in [1.82, 2.24) is 15.0 Å². The number of urea groups is 1. The van der Waals surface area contributed by atoms with Crippen LogP contribution in [0.25, 0.3) is 11.4 Å². The van der Waals surface area contributed by atoms with Crippen LogP contribution in [0.5, 0.6) is 0 Å². The molecular formula is C20H18ClFN4O2. The van der Waals surface area contributed by atoms with Crippen LogP contribution >= 0.6 is 11.6 Å². The van der Waals surface area contributed by atoms with Gasteiger partial charge in [0.05, 0.1) is 5.02 Å². The Bertz CT molecular complexity index is 979. The van der Waals surface area contributed by atoms with E-state index in [-0.39, 0.29) is 17.1 Å². The van der Waals surface area contributed by atoms with E-state index in [2.05, 4.69) is 15.5 Å². The van der Waals surface area contributed by atoms with Gasteiger partial charge in [-0.05, 0) is 37.5 Å². The molecule has 1 saturated heterocycles. The molecule has 0 saturated carbocycles. The number of piperidine rings is 1. The van der Waals surface area contributed by atoms with Crippen molar-refractivity contribution in [3.8, 4) is 11.4 Å². The van der Waals surface area contributed by atoms with Gasteiger partial charge < -0.3 is 14.7 Å². The third-order valence-electron chi connectivity index (χ3n) is 4.69. The third kappa shape index (κ3) is 3.84. The molecule has 28 heavy (non-hydrogen) atoms. The molecule has 0 spiro atoms. The summed E-state index contributed by atoms with van der Waals surface area (Å²) < 4.78 is 18.8. The second-order valence-corrected chi connectivity index (χ2v) is 6.99. The molecule has 144 valence electrons. The van der Waals surface area contributed by atoms with Crippen LogP contribution in [0.15, 0.2) is 53.1 Å². The number of rotatable bonds is 3. The van der Waals surface area contributed by atoms with Crippen LogP contribution in [0.3, 0.4) is 0 Å². The number of nitrogens with one attached hydrogen (secondary N) is 1. The molecule has 4 rings (SSSR count). The molecule has 1 fully saturated rings. The lowest BCUT2D eigenvalue weighted by molar-refractivity contribution is 0.142. The van der Waals surface area contributed by atoms with Crippen LogP contribution in [0, 0.1) is 5.82 Å². The highest BCUT2D eigenvalue weighted by Crippen LogP contribution is 2.32. The average molecular weight is 401 g/mol. The van der Waals surface area contributed by atoms with E-state index in [0.29, 0.717) is 23.9 Å². The number of amides is 2. The van der Waals surface area contributed by atoms with E-state index in [0.717, 1.165) is 24.8 Å². The molecule has 1 atom stereocenters. The molecule has 1 aromatic heterocycles. The van der Waals surface area contributed by atoms with Crippen molar-refractivity contribution in [2.45, 2.75) is 25.3 Å². The topological polar surface area (TPSA) is 71.3 Å². The number of anilines is 1. The highest BCUT2D eigenvalue weighted by molar-refractivity contribution is 6.31. The second-order valence-electron chi connectivity index (χ2n) is 6.59. The Morgan fingerprint density at radius 2 is 2.04 bits per heavy atom. The highest BCUT2D eigenvalue weighted by atomic mass is 35.5. The Morgan fingerprint density at radius 3 is 2.82 bits per heavy atom. The van der Waals surface area contributed by atoms with Gasteiger partial charge in [0, 0.05) is 17.8 Å². The molecule has 0 aliphatic carbocycles. The Labute approximate surface area is 166 Å². The summed E-state index contributed by atoms with van der Waals surface area (Å²) in [6, 6.07) is 13.0. The fourth-order valence-corrected chi connectivity index (χ4v) is 3.46. The fourth-order valence-electron chi connectivity index (χ4n) is 3.28. The largest absolute Gasteiger partial charge is 0.337 e. The van der Waals surface area contributed by atoms with Crippen molar-refractivity contribution in [2.24, 2.45) is 0 Å². The molecule has 1 unspecified atom stereocenters. The van der Waals surface area contributed by atoms with E-state index in [1.807, 2.05) is 30.3 Å². The number of hydrogen-bond acceptors (Lipinski definition) is 4. The van der Waals surface area contributed by atoms with Crippen LogP contribution in [-0.2, 0) is 0 Å². The minimum absolute atomic E-state index is 0.0441. The van der Waals surface area contributed by atoms with Gasteiger partial charge >= 0.3 is 6.03 Å². The monoisotopic (exact) mass is 400 g/mol. The minimum Gasteiger partial charge on any atom is -0.337 e. The molecule has 6 nitrogen and oxygen atoms in total. The van der Waals surface area contributed by atoms with Crippen molar-refractivity contribution in [3.63, 3.8) is 0 Å². The molecule has 2 aromatic carbocycles. The Kier molecular flexibility index (Phi) is 5.25. The zero-order chi connectivity index (χ0) is 19.5. The van der Waals surface area contributed by atoms with Crippen LogP contribution < -0.4 is 5.32 Å². The summed E-state index contributed by atoms with van der Waals surface area (Å²) >= 11 is 5.80. The van der Waals surface area contributed by atoms with Crippen LogP contribution in [0.1, 0.15) is 31.2 Å². The molecule has 3 aromatic rings. The first-order chi connectivity index (χ1) is 13.6. The van der Waals surface area contributed by atoms with E-state index in [1.54, 1.807) is 4.90 Å². The first-order valence-corrected chi connectivity index (χ1v) is 9.41. The summed E-state index contributed by atoms with van der Waals surface area (Å²) in [7, 11) is 0. The summed E-state index contributed by atoms with van der Waals surface area (Å²) in [6.07, 6.45) is 2.57. The number of halogens is 2. The summed E-state index contributed by atoms with van der Waals surface area (Å²) in [5.41, 5.74) is 1.28. The van der Waals surface area contributed by atoms with Gasteiger partial charge in [-0.1, -0.05) is 47.1 Å². The minimum atomic E-state index is -0.533. The maximum Gasteiger partial charge on any atom is 0.322 e. The number of nitrogens with zero attached hydrogens (tertiary/aromatic N) is 3. The lowest BCUT2D eigenvalue weighted by atomic mass is 10.0. The summed E-state index contributed by atoms with van der Waals surface area (Å²) in [5, 5.41) is 6.78. The Hall–Kier alpha value is -2.93. The molecule has 1 N–H and O–H groups in total. The molecule has 1 aliphatic heterocycles. The summed E-state index contributed by atoms with van der Waals surface area (Å²) in [6.45, 7) is 0.564. The van der Waals surface area contributed by atoms with Gasteiger partial charge in [-0.25, -0.2) is 9.18 Å². The summed E-state index contributed by atoms with van der Waals surface area (Å²) in [5.74, 6) is 0.368. The normalized spacial score (nSPS) is 16.8. The lowest BCUT2D eigenvalue weighted by Gasteiger charge is -2.33. The summed E-state index contributed by atoms with van der Waals surface area (Å²) in [4.78, 5) is 19.0. The smallest absolute Gasteiger partial charge is 0.322 e. The van der Waals surface area contributed by atoms with Crippen molar-refractivity contribution in [1.29, 1.82) is 0 Å². The number of likely N-dealkylation sites (tertiary alicyclic amines) is 1. The lowest BCUT2D eigenvalue weighted by Crippen LogP contribution is -2.41. The first-order valence-electron chi connectivity index (χ1n) is 9.03. The van der Waals surface area contributed by atoms with Crippen LogP contribution in [0.4, 0.5) is 14.9 Å². The Morgan fingerprint density at radius 1 is 1.21 bits per heavy atom. The number of benzene rings is 2. The standard InChI is InChI=1S/C20H18ClFN4O2/c21-15-12-14(9-10-16(15)22)23-20(27)26-11-5-4-8-17(26)19-24-18(25-28-19)13-6-2-1-3-7-13/h1-3,6-7,9-10,12,17H,4-5,8,11H2,(H,23,27). The predicted octanol–water partition coefficient (Wildman–Crippen LogP) is 5.29. The fraction of sp³-hybridized carbons (Fsp3) is 0.250. The molecule has 1 aliphatic rings. The van der Waals surface area contributed by atoms with Gasteiger partial charge in [-0.15, -0.1) is 0 Å². The van der Waals surface area contributed by atoms with E-state index < -0.39 is 5.82 Å². The molecular weight excluding hydrogens is 383 g/mol. The molecule has 2 amide bonds. The number of hydrogen-bond donors (Lipinski definition) is 1. The van der Waals surface area contributed by atoms with Crippen LogP contribution in [0.2, 0.25) is 5.02 Å². The van der Waals surface area contributed by atoms with Gasteiger partial charge in [0.25, 0.3) is 0 Å². The number of carbonyl (C=O) groups excluding carboxylic acids is 1. The van der Waals surface area contributed by atoms with Crippen molar-refractivity contribution in [3.05, 3.63) is 65.3 Å². The predicted molar refractivity (Wildman–Crippen MR) is 103 cm³/mol. The molecule has 8 heteroatoms. The molecule has 0 bridgehead atoms. The maximum absolute atomic E-state index is 13.3. The van der Waals surface area contributed by atoms with Gasteiger partial charge in [0.1, 0.15) is 11.9 Å². The van der Waals surface area contributed by atoms with Crippen LogP contribution in [-0.4, -0.2) is 27.6 Å². The van der Waals surface area contributed by atoms with E-state index in [1.165, 1.54) is 18.2 Å². The van der Waals surface area contributed by atoms with Gasteiger partial charge in [0.2, 0.25) is 11.7 Å². The first kappa shape index (κ1) is 18.4. The quantitative estimate of drug-likeness (QED) is 0.648. The second kappa shape index (κ2) is 7.98. The highest BCUT2D eigenvalue weighted by Gasteiger charge is 2.32. The van der Waals surface area contributed by atoms with Crippen molar-refractivity contribution < 1.29 is 13.7 Å². The molecule has 2 heterocycles. The average Bonchev–Trinajstić information content (AvgIpc) is 3.21.